The molecule has 7 nitrogen and oxygen atoms in total. The molecule has 0 fully saturated rings. The summed E-state index contributed by atoms with van der Waals surface area (Å²) in [6.07, 6.45) is -2.77. The molecule has 0 saturated heterocycles. The fourth-order valence-corrected chi connectivity index (χ4v) is 1.61. The molecule has 0 spiro atoms. The summed E-state index contributed by atoms with van der Waals surface area (Å²) in [5.74, 6) is -1.53. The predicted octanol–water partition coefficient (Wildman–Crippen LogP) is 1.71. The molecule has 0 aliphatic carbocycles. The summed E-state index contributed by atoms with van der Waals surface area (Å²) in [4.78, 5) is 13.7. The van der Waals surface area contributed by atoms with Crippen LogP contribution in [0.4, 0.5) is 4.39 Å². The zero-order valence-electron chi connectivity index (χ0n) is 10.7. The molecule has 2 unspecified atom stereocenters. The Morgan fingerprint density at radius 3 is 2.80 bits per heavy atom. The first kappa shape index (κ1) is 15.9. The van der Waals surface area contributed by atoms with Gasteiger partial charge < -0.3 is 14.9 Å². The molecular weight excluding hydrogens is 269 g/mol. The van der Waals surface area contributed by atoms with Crippen molar-refractivity contribution in [2.24, 2.45) is 5.11 Å². The minimum Gasteiger partial charge on any atom is -0.465 e. The van der Waals surface area contributed by atoms with Gasteiger partial charge in [-0.15, -0.1) is 0 Å². The van der Waals surface area contributed by atoms with Crippen LogP contribution in [0, 0.1) is 5.82 Å². The van der Waals surface area contributed by atoms with Gasteiger partial charge in [-0.25, -0.2) is 9.18 Å². The number of rotatable bonds is 6. The van der Waals surface area contributed by atoms with Crippen LogP contribution < -0.4 is 0 Å². The summed E-state index contributed by atoms with van der Waals surface area (Å²) in [6.45, 7) is -0.0173. The number of aliphatic hydroxyl groups excluding tert-OH is 2. The van der Waals surface area contributed by atoms with Crippen molar-refractivity contribution >= 4 is 5.97 Å². The van der Waals surface area contributed by atoms with Crippen LogP contribution in [0.25, 0.3) is 10.4 Å². The van der Waals surface area contributed by atoms with Crippen molar-refractivity contribution in [3.63, 3.8) is 0 Å². The van der Waals surface area contributed by atoms with Gasteiger partial charge in [-0.3, -0.25) is 0 Å². The maximum absolute atomic E-state index is 13.8. The molecule has 0 radical (unpaired) electrons. The molecule has 2 N–H and O–H groups in total. The lowest BCUT2D eigenvalue weighted by Crippen LogP contribution is -2.20. The highest BCUT2D eigenvalue weighted by Gasteiger charge is 2.22. The number of benzene rings is 1. The van der Waals surface area contributed by atoms with Crippen LogP contribution >= 0.6 is 0 Å². The van der Waals surface area contributed by atoms with Crippen molar-refractivity contribution in [1.29, 1.82) is 0 Å². The molecular formula is C12H14FN3O4. The predicted molar refractivity (Wildman–Crippen MR) is 67.3 cm³/mol. The molecule has 0 aliphatic heterocycles. The van der Waals surface area contributed by atoms with Gasteiger partial charge in [0.1, 0.15) is 11.9 Å². The number of azide groups is 1. The Balaban J connectivity index is 2.85. The van der Waals surface area contributed by atoms with Crippen LogP contribution in [-0.2, 0) is 4.74 Å². The van der Waals surface area contributed by atoms with E-state index in [4.69, 9.17) is 5.53 Å². The zero-order chi connectivity index (χ0) is 15.1. The second kappa shape index (κ2) is 7.44. The van der Waals surface area contributed by atoms with Crippen molar-refractivity contribution in [3.8, 4) is 0 Å². The van der Waals surface area contributed by atoms with Gasteiger partial charge >= 0.3 is 5.97 Å². The summed E-state index contributed by atoms with van der Waals surface area (Å²) >= 11 is 0. The summed E-state index contributed by atoms with van der Waals surface area (Å²) in [6, 6.07) is 3.40. The number of carbonyl (C=O) groups is 1. The first-order valence-corrected chi connectivity index (χ1v) is 5.76. The van der Waals surface area contributed by atoms with E-state index in [1.54, 1.807) is 0 Å². The lowest BCUT2D eigenvalue weighted by molar-refractivity contribution is 0.0129. The fraction of sp³-hybridized carbons (Fsp3) is 0.417. The SMILES string of the molecule is COC(=O)c1ccc(C(O)C(O)CCN=[N+]=[N-])c(F)c1. The molecule has 2 atom stereocenters. The molecule has 0 saturated carbocycles. The number of nitrogens with zero attached hydrogens (tertiary/aromatic N) is 3. The van der Waals surface area contributed by atoms with Gasteiger partial charge in [0.15, 0.2) is 0 Å². The molecule has 8 heteroatoms. The van der Waals surface area contributed by atoms with Crippen LogP contribution in [0.5, 0.6) is 0 Å². The zero-order valence-corrected chi connectivity index (χ0v) is 10.7. The van der Waals surface area contributed by atoms with Crippen LogP contribution in [0.3, 0.4) is 0 Å². The van der Waals surface area contributed by atoms with Crippen molar-refractivity contribution in [2.75, 3.05) is 13.7 Å². The summed E-state index contributed by atoms with van der Waals surface area (Å²) in [5.41, 5.74) is 7.95. The maximum atomic E-state index is 13.8. The Hall–Kier alpha value is -2.15. The third kappa shape index (κ3) is 3.92. The first-order valence-electron chi connectivity index (χ1n) is 5.76. The topological polar surface area (TPSA) is 116 Å². The molecule has 20 heavy (non-hydrogen) atoms. The van der Waals surface area contributed by atoms with Crippen LogP contribution in [0.15, 0.2) is 23.3 Å². The monoisotopic (exact) mass is 283 g/mol. The molecule has 0 amide bonds. The van der Waals surface area contributed by atoms with Gasteiger partial charge in [-0.2, -0.15) is 0 Å². The van der Waals surface area contributed by atoms with Crippen LogP contribution in [0.2, 0.25) is 0 Å². The molecule has 0 bridgehead atoms. The number of esters is 1. The number of hydrogen-bond acceptors (Lipinski definition) is 5. The van der Waals surface area contributed by atoms with E-state index in [0.717, 1.165) is 6.07 Å². The third-order valence-electron chi connectivity index (χ3n) is 2.69. The number of aliphatic hydroxyl groups is 2. The van der Waals surface area contributed by atoms with E-state index in [1.165, 1.54) is 19.2 Å². The van der Waals surface area contributed by atoms with E-state index in [0.29, 0.717) is 0 Å². The van der Waals surface area contributed by atoms with Gasteiger partial charge in [0.25, 0.3) is 0 Å². The molecule has 108 valence electrons. The fourth-order valence-electron chi connectivity index (χ4n) is 1.61. The second-order valence-corrected chi connectivity index (χ2v) is 3.98. The maximum Gasteiger partial charge on any atom is 0.337 e. The smallest absolute Gasteiger partial charge is 0.337 e. The lowest BCUT2D eigenvalue weighted by Gasteiger charge is -2.18. The van der Waals surface area contributed by atoms with E-state index in [1.807, 2.05) is 0 Å². The number of hydrogen-bond donors (Lipinski definition) is 2. The van der Waals surface area contributed by atoms with Gasteiger partial charge in [-0.05, 0) is 24.1 Å². The van der Waals surface area contributed by atoms with E-state index < -0.39 is 24.0 Å². The molecule has 0 heterocycles. The first-order chi connectivity index (χ1) is 9.51. The molecule has 1 rings (SSSR count). The van der Waals surface area contributed by atoms with E-state index in [9.17, 15) is 19.4 Å². The summed E-state index contributed by atoms with van der Waals surface area (Å²) in [7, 11) is 1.17. The normalized spacial score (nSPS) is 13.2. The quantitative estimate of drug-likeness (QED) is 0.358. The number of ether oxygens (including phenoxy) is 1. The van der Waals surface area contributed by atoms with E-state index in [-0.39, 0.29) is 24.1 Å². The van der Waals surface area contributed by atoms with Gasteiger partial charge in [0.05, 0.1) is 18.8 Å². The number of methoxy groups -OCH3 is 1. The highest BCUT2D eigenvalue weighted by Crippen LogP contribution is 2.23. The summed E-state index contributed by atoms with van der Waals surface area (Å²) < 4.78 is 18.2. The highest BCUT2D eigenvalue weighted by atomic mass is 19.1. The lowest BCUT2D eigenvalue weighted by atomic mass is 10.00. The molecule has 1 aromatic rings. The standard InChI is InChI=1S/C12H14FN3O4/c1-20-12(19)7-2-3-8(9(13)6-7)11(18)10(17)4-5-15-16-14/h2-3,6,10-11,17-18H,4-5H2,1H3. The van der Waals surface area contributed by atoms with Crippen molar-refractivity contribution < 1.29 is 24.1 Å². The number of halogens is 1. The van der Waals surface area contributed by atoms with E-state index in [2.05, 4.69) is 14.8 Å². The van der Waals surface area contributed by atoms with Gasteiger partial charge in [0, 0.05) is 17.0 Å². The highest BCUT2D eigenvalue weighted by molar-refractivity contribution is 5.89. The largest absolute Gasteiger partial charge is 0.465 e. The van der Waals surface area contributed by atoms with Gasteiger partial charge in [-0.1, -0.05) is 11.2 Å². The van der Waals surface area contributed by atoms with Crippen LogP contribution in [0.1, 0.15) is 28.4 Å². The average Bonchev–Trinajstić information content (AvgIpc) is 2.45. The Kier molecular flexibility index (Phi) is 5.92. The average molecular weight is 283 g/mol. The Labute approximate surface area is 114 Å². The molecule has 0 aliphatic rings. The Morgan fingerprint density at radius 2 is 2.25 bits per heavy atom. The second-order valence-electron chi connectivity index (χ2n) is 3.98. The van der Waals surface area contributed by atoms with E-state index >= 15 is 0 Å². The minimum absolute atomic E-state index is 0.00419. The van der Waals surface area contributed by atoms with Crippen molar-refractivity contribution in [3.05, 3.63) is 45.6 Å². The number of carbonyl (C=O) groups excluding carboxylic acids is 1. The van der Waals surface area contributed by atoms with Crippen molar-refractivity contribution in [2.45, 2.75) is 18.6 Å². The van der Waals surface area contributed by atoms with Gasteiger partial charge in [0.2, 0.25) is 0 Å². The molecule has 0 aromatic heterocycles. The Morgan fingerprint density at radius 1 is 1.55 bits per heavy atom. The van der Waals surface area contributed by atoms with Crippen LogP contribution in [-0.4, -0.2) is 35.9 Å². The van der Waals surface area contributed by atoms with Crippen molar-refractivity contribution in [1.82, 2.24) is 0 Å². The minimum atomic E-state index is -1.48. The Bertz CT molecular complexity index is 531. The molecule has 1 aromatic carbocycles. The summed E-state index contributed by atoms with van der Waals surface area (Å²) in [5, 5.41) is 22.7. The third-order valence-corrected chi connectivity index (χ3v) is 2.69.